The first-order chi connectivity index (χ1) is 10.1. The van der Waals surface area contributed by atoms with E-state index in [-0.39, 0.29) is 0 Å². The predicted molar refractivity (Wildman–Crippen MR) is 97.5 cm³/mol. The molecule has 0 fully saturated rings. The van der Waals surface area contributed by atoms with Gasteiger partial charge < -0.3 is 9.47 Å². The van der Waals surface area contributed by atoms with Crippen LogP contribution >= 0.6 is 22.6 Å². The summed E-state index contributed by atoms with van der Waals surface area (Å²) in [6, 6.07) is 11.3. The van der Waals surface area contributed by atoms with E-state index in [1.807, 2.05) is 0 Å². The third-order valence-electron chi connectivity index (χ3n) is 4.01. The third-order valence-corrected chi connectivity index (χ3v) is 4.69. The number of fused-ring (bicyclic) bond motifs is 2. The molecule has 2 heterocycles. The highest BCUT2D eigenvalue weighted by atomic mass is 127. The molecule has 0 bridgehead atoms. The molecular weight excluding hydrogens is 371 g/mol. The lowest BCUT2D eigenvalue weighted by Crippen LogP contribution is -2.12. The van der Waals surface area contributed by atoms with Gasteiger partial charge >= 0.3 is 0 Å². The Morgan fingerprint density at radius 2 is 2.14 bits per heavy atom. The summed E-state index contributed by atoms with van der Waals surface area (Å²) in [6.45, 7) is 2.16. The molecule has 0 aliphatic carbocycles. The van der Waals surface area contributed by atoms with E-state index in [4.69, 9.17) is 0 Å². The first-order valence-electron chi connectivity index (χ1n) is 7.44. The molecule has 2 aromatic rings. The van der Waals surface area contributed by atoms with E-state index in [9.17, 15) is 0 Å². The zero-order valence-corrected chi connectivity index (χ0v) is 14.8. The van der Waals surface area contributed by atoms with Crippen LogP contribution in [-0.4, -0.2) is 30.1 Å². The topological polar surface area (TPSA) is 8.17 Å². The van der Waals surface area contributed by atoms with Crippen LogP contribution in [0.3, 0.4) is 0 Å². The number of aryl methyl sites for hydroxylation is 2. The van der Waals surface area contributed by atoms with Crippen LogP contribution in [0.5, 0.6) is 0 Å². The van der Waals surface area contributed by atoms with Crippen LogP contribution in [0.15, 0.2) is 42.6 Å². The van der Waals surface area contributed by atoms with E-state index in [1.165, 1.54) is 26.0 Å². The molecule has 0 spiro atoms. The van der Waals surface area contributed by atoms with Gasteiger partial charge in [0.1, 0.15) is 0 Å². The van der Waals surface area contributed by atoms with Crippen molar-refractivity contribution < 1.29 is 0 Å². The third kappa shape index (κ3) is 3.24. The fraction of sp³-hybridized carbons (Fsp3) is 0.333. The van der Waals surface area contributed by atoms with E-state index in [2.05, 4.69) is 88.8 Å². The van der Waals surface area contributed by atoms with Crippen LogP contribution in [0.2, 0.25) is 0 Å². The predicted octanol–water partition coefficient (Wildman–Crippen LogP) is 4.03. The SMILES string of the molecule is CN(C)CCC=C1c2cc(I)ccc2CCn2cccc21. The van der Waals surface area contributed by atoms with E-state index in [1.54, 1.807) is 0 Å². The van der Waals surface area contributed by atoms with Crippen LogP contribution in [-0.2, 0) is 13.0 Å². The summed E-state index contributed by atoms with van der Waals surface area (Å²) < 4.78 is 3.69. The molecule has 1 aromatic heterocycles. The van der Waals surface area contributed by atoms with Gasteiger partial charge in [-0.1, -0.05) is 12.1 Å². The summed E-state index contributed by atoms with van der Waals surface area (Å²) >= 11 is 2.41. The second-order valence-corrected chi connectivity index (χ2v) is 7.09. The smallest absolute Gasteiger partial charge is 0.0483 e. The highest BCUT2D eigenvalue weighted by Gasteiger charge is 2.17. The number of hydrogen-bond donors (Lipinski definition) is 0. The molecule has 1 aliphatic heterocycles. The van der Waals surface area contributed by atoms with Gasteiger partial charge in [0.05, 0.1) is 0 Å². The number of halogens is 1. The van der Waals surface area contributed by atoms with Crippen molar-refractivity contribution in [1.82, 2.24) is 9.47 Å². The molecule has 1 aromatic carbocycles. The average molecular weight is 392 g/mol. The lowest BCUT2D eigenvalue weighted by molar-refractivity contribution is 0.417. The molecule has 21 heavy (non-hydrogen) atoms. The molecule has 0 atom stereocenters. The largest absolute Gasteiger partial charge is 0.347 e. The minimum atomic E-state index is 1.07. The Morgan fingerprint density at radius 3 is 2.95 bits per heavy atom. The lowest BCUT2D eigenvalue weighted by atomic mass is 9.96. The summed E-state index contributed by atoms with van der Waals surface area (Å²) in [7, 11) is 4.26. The van der Waals surface area contributed by atoms with E-state index >= 15 is 0 Å². The first kappa shape index (κ1) is 14.9. The fourth-order valence-corrected chi connectivity index (χ4v) is 3.42. The highest BCUT2D eigenvalue weighted by Crippen LogP contribution is 2.32. The van der Waals surface area contributed by atoms with Crippen LogP contribution < -0.4 is 0 Å². The zero-order chi connectivity index (χ0) is 14.8. The highest BCUT2D eigenvalue weighted by molar-refractivity contribution is 14.1. The van der Waals surface area contributed by atoms with Crippen molar-refractivity contribution in [2.24, 2.45) is 0 Å². The first-order valence-corrected chi connectivity index (χ1v) is 8.52. The van der Waals surface area contributed by atoms with Gasteiger partial charge in [0.15, 0.2) is 0 Å². The maximum absolute atomic E-state index is 2.41. The monoisotopic (exact) mass is 392 g/mol. The summed E-state index contributed by atoms with van der Waals surface area (Å²) in [5, 5.41) is 0. The number of rotatable bonds is 3. The van der Waals surface area contributed by atoms with Crippen LogP contribution in [0.1, 0.15) is 23.2 Å². The Bertz CT molecular complexity index is 668. The molecule has 2 nitrogen and oxygen atoms in total. The molecule has 0 radical (unpaired) electrons. The van der Waals surface area contributed by atoms with Crippen LogP contribution in [0.4, 0.5) is 0 Å². The number of hydrogen-bond acceptors (Lipinski definition) is 1. The fourth-order valence-electron chi connectivity index (χ4n) is 2.93. The summed E-state index contributed by atoms with van der Waals surface area (Å²) in [5.74, 6) is 0. The number of aromatic nitrogens is 1. The van der Waals surface area contributed by atoms with Gasteiger partial charge in [0.2, 0.25) is 0 Å². The van der Waals surface area contributed by atoms with Gasteiger partial charge in [0.25, 0.3) is 0 Å². The van der Waals surface area contributed by atoms with Gasteiger partial charge in [-0.3, -0.25) is 0 Å². The molecule has 3 rings (SSSR count). The van der Waals surface area contributed by atoms with Crippen molar-refractivity contribution in [3.05, 3.63) is 63.0 Å². The van der Waals surface area contributed by atoms with Crippen molar-refractivity contribution in [3.63, 3.8) is 0 Å². The van der Waals surface area contributed by atoms with E-state index in [0.29, 0.717) is 0 Å². The second kappa shape index (κ2) is 6.36. The minimum absolute atomic E-state index is 1.07. The van der Waals surface area contributed by atoms with Crippen LogP contribution in [0.25, 0.3) is 5.57 Å². The van der Waals surface area contributed by atoms with Crippen molar-refractivity contribution in [3.8, 4) is 0 Å². The van der Waals surface area contributed by atoms with Gasteiger partial charge in [-0.25, -0.2) is 0 Å². The molecule has 3 heteroatoms. The molecule has 110 valence electrons. The van der Waals surface area contributed by atoms with Crippen LogP contribution in [0, 0.1) is 3.57 Å². The molecule has 0 saturated heterocycles. The molecule has 0 N–H and O–H groups in total. The molecular formula is C18H21IN2. The molecule has 1 aliphatic rings. The van der Waals surface area contributed by atoms with Crippen molar-refractivity contribution in [1.29, 1.82) is 0 Å². The Labute approximate surface area is 140 Å². The second-order valence-electron chi connectivity index (χ2n) is 5.85. The Hall–Kier alpha value is -1.07. The lowest BCUT2D eigenvalue weighted by Gasteiger charge is -2.12. The molecule has 0 amide bonds. The Balaban J connectivity index is 2.06. The Morgan fingerprint density at radius 1 is 1.29 bits per heavy atom. The average Bonchev–Trinajstić information content (AvgIpc) is 2.85. The van der Waals surface area contributed by atoms with Crippen molar-refractivity contribution in [2.45, 2.75) is 19.4 Å². The standard InChI is InChI=1S/C18H21IN2/c1-20(2)10-3-5-16-17-13-15(19)8-7-14(17)9-12-21-11-4-6-18(16)21/h4-8,11,13H,3,9-10,12H2,1-2H3. The quantitative estimate of drug-likeness (QED) is 0.717. The van der Waals surface area contributed by atoms with Gasteiger partial charge in [-0.05, 0) is 84.9 Å². The van der Waals surface area contributed by atoms with Gasteiger partial charge in [-0.2, -0.15) is 0 Å². The van der Waals surface area contributed by atoms with E-state index < -0.39 is 0 Å². The summed E-state index contributed by atoms with van der Waals surface area (Å²) in [6.07, 6.45) is 6.80. The zero-order valence-electron chi connectivity index (χ0n) is 12.6. The molecule has 0 saturated carbocycles. The molecule has 0 unspecified atom stereocenters. The maximum Gasteiger partial charge on any atom is 0.0483 e. The minimum Gasteiger partial charge on any atom is -0.347 e. The van der Waals surface area contributed by atoms with E-state index in [0.717, 1.165) is 25.9 Å². The number of nitrogens with zero attached hydrogens (tertiary/aromatic N) is 2. The normalized spacial score (nSPS) is 15.9. The van der Waals surface area contributed by atoms with Crippen molar-refractivity contribution >= 4 is 28.2 Å². The number of benzene rings is 1. The summed E-state index contributed by atoms with van der Waals surface area (Å²) in [5.41, 5.74) is 5.63. The van der Waals surface area contributed by atoms with Gasteiger partial charge in [0, 0.05) is 34.1 Å². The van der Waals surface area contributed by atoms with Crippen molar-refractivity contribution in [2.75, 3.05) is 20.6 Å². The maximum atomic E-state index is 2.41. The van der Waals surface area contributed by atoms with Gasteiger partial charge in [-0.15, -0.1) is 0 Å². The Kier molecular flexibility index (Phi) is 4.50. The summed E-state index contributed by atoms with van der Waals surface area (Å²) in [4.78, 5) is 2.24.